The fourth-order valence-electron chi connectivity index (χ4n) is 2.39. The van der Waals surface area contributed by atoms with Gasteiger partial charge in [0.25, 0.3) is 0 Å². The predicted molar refractivity (Wildman–Crippen MR) is 97.9 cm³/mol. The third-order valence-corrected chi connectivity index (χ3v) is 3.47. The normalized spacial score (nSPS) is 11.0. The van der Waals surface area contributed by atoms with Crippen molar-refractivity contribution in [3.63, 3.8) is 0 Å². The van der Waals surface area contributed by atoms with Gasteiger partial charge in [-0.15, -0.1) is 0 Å². The molecule has 0 amide bonds. The Morgan fingerprint density at radius 2 is 1.92 bits per heavy atom. The number of nitrogens with zero attached hydrogens (tertiary/aromatic N) is 4. The average molecular weight is 359 g/mol. The minimum absolute atomic E-state index is 0.0631. The lowest BCUT2D eigenvalue weighted by Crippen LogP contribution is -2.28. The topological polar surface area (TPSA) is 110 Å². The summed E-state index contributed by atoms with van der Waals surface area (Å²) in [6.45, 7) is 5.61. The van der Waals surface area contributed by atoms with Gasteiger partial charge in [0.1, 0.15) is 6.33 Å². The fraction of sp³-hybridized carbons (Fsp3) is 0.353. The highest BCUT2D eigenvalue weighted by Crippen LogP contribution is 2.37. The van der Waals surface area contributed by atoms with Gasteiger partial charge in [0.05, 0.1) is 23.3 Å². The van der Waals surface area contributed by atoms with Gasteiger partial charge in [-0.05, 0) is 32.9 Å². The Bertz CT molecular complexity index is 832. The summed E-state index contributed by atoms with van der Waals surface area (Å²) in [6.07, 6.45) is 1.24. The highest BCUT2D eigenvalue weighted by Gasteiger charge is 2.29. The second-order valence-electron chi connectivity index (χ2n) is 6.59. The van der Waals surface area contributed by atoms with Crippen LogP contribution in [0.15, 0.2) is 30.6 Å². The van der Waals surface area contributed by atoms with E-state index in [0.29, 0.717) is 5.69 Å². The summed E-state index contributed by atoms with van der Waals surface area (Å²) < 4.78 is 4.79. The van der Waals surface area contributed by atoms with Crippen molar-refractivity contribution in [1.29, 1.82) is 0 Å². The van der Waals surface area contributed by atoms with E-state index in [-0.39, 0.29) is 22.9 Å². The van der Waals surface area contributed by atoms with Gasteiger partial charge in [0, 0.05) is 12.6 Å². The van der Waals surface area contributed by atoms with Crippen LogP contribution in [-0.2, 0) is 4.74 Å². The highest BCUT2D eigenvalue weighted by atomic mass is 16.6. The number of hydrogen-bond donors (Lipinski definition) is 1. The van der Waals surface area contributed by atoms with Gasteiger partial charge in [-0.1, -0.05) is 12.1 Å². The zero-order valence-electron chi connectivity index (χ0n) is 15.3. The quantitative estimate of drug-likeness (QED) is 0.492. The monoisotopic (exact) mass is 359 g/mol. The maximum Gasteiger partial charge on any atom is 0.353 e. The zero-order valence-corrected chi connectivity index (χ0v) is 15.3. The lowest BCUT2D eigenvalue weighted by molar-refractivity contribution is -0.383. The smallest absolute Gasteiger partial charge is 0.353 e. The van der Waals surface area contributed by atoms with E-state index in [1.54, 1.807) is 31.3 Å². The first-order valence-electron chi connectivity index (χ1n) is 7.84. The molecule has 1 heterocycles. The van der Waals surface area contributed by atoms with Crippen LogP contribution in [0.3, 0.4) is 0 Å². The first-order valence-corrected chi connectivity index (χ1v) is 7.84. The fourth-order valence-corrected chi connectivity index (χ4v) is 2.39. The Kier molecular flexibility index (Phi) is 5.39. The summed E-state index contributed by atoms with van der Waals surface area (Å²) in [5, 5.41) is 14.7. The van der Waals surface area contributed by atoms with Crippen LogP contribution in [0, 0.1) is 10.1 Å². The number of ether oxygens (including phenoxy) is 1. The number of carbonyl (C=O) groups is 1. The van der Waals surface area contributed by atoms with E-state index in [2.05, 4.69) is 15.3 Å². The number of carbonyl (C=O) groups excluding carboxylic acids is 1. The average Bonchev–Trinajstić information content (AvgIpc) is 2.58. The molecule has 138 valence electrons. The standard InChI is InChI=1S/C17H21N5O4/c1-17(2,3)20-14-13(22(24)25)15(19-10-18-14)21(4)12-9-7-6-8-11(12)16(23)26-5/h6-10H,1-5H3,(H,18,19,20). The van der Waals surface area contributed by atoms with E-state index < -0.39 is 16.4 Å². The molecule has 0 radical (unpaired) electrons. The van der Waals surface area contributed by atoms with Crippen LogP contribution in [-0.4, -0.2) is 40.6 Å². The molecule has 0 unspecified atom stereocenters. The SMILES string of the molecule is COC(=O)c1ccccc1N(C)c1ncnc(NC(C)(C)C)c1[N+](=O)[O-]. The number of nitrogens with one attached hydrogen (secondary N) is 1. The molecular formula is C17H21N5O4. The van der Waals surface area contributed by atoms with Crippen LogP contribution in [0.25, 0.3) is 0 Å². The van der Waals surface area contributed by atoms with Gasteiger partial charge in [0.2, 0.25) is 11.6 Å². The van der Waals surface area contributed by atoms with Crippen molar-refractivity contribution >= 4 is 29.0 Å². The van der Waals surface area contributed by atoms with Crippen LogP contribution in [0.4, 0.5) is 23.0 Å². The van der Waals surface area contributed by atoms with E-state index in [1.165, 1.54) is 18.3 Å². The molecule has 0 aliphatic rings. The molecule has 2 rings (SSSR count). The van der Waals surface area contributed by atoms with E-state index >= 15 is 0 Å². The molecule has 0 bridgehead atoms. The number of nitro groups is 1. The molecule has 1 aromatic carbocycles. The third-order valence-electron chi connectivity index (χ3n) is 3.47. The second-order valence-corrected chi connectivity index (χ2v) is 6.59. The van der Waals surface area contributed by atoms with Crippen LogP contribution < -0.4 is 10.2 Å². The number of esters is 1. The van der Waals surface area contributed by atoms with Crippen molar-refractivity contribution < 1.29 is 14.5 Å². The van der Waals surface area contributed by atoms with Gasteiger partial charge in [-0.2, -0.15) is 0 Å². The summed E-state index contributed by atoms with van der Waals surface area (Å²) in [4.78, 5) is 32.7. The van der Waals surface area contributed by atoms with Gasteiger partial charge in [0.15, 0.2) is 0 Å². The maximum absolute atomic E-state index is 12.0. The lowest BCUT2D eigenvalue weighted by Gasteiger charge is -2.24. The van der Waals surface area contributed by atoms with Gasteiger partial charge < -0.3 is 15.0 Å². The third kappa shape index (κ3) is 4.05. The molecule has 0 fully saturated rings. The maximum atomic E-state index is 12.0. The zero-order chi connectivity index (χ0) is 19.5. The number of anilines is 3. The first-order chi connectivity index (χ1) is 12.2. The molecule has 26 heavy (non-hydrogen) atoms. The minimum atomic E-state index is -0.544. The molecule has 1 aromatic heterocycles. The summed E-state index contributed by atoms with van der Waals surface area (Å²) in [6, 6.07) is 6.65. The Morgan fingerprint density at radius 3 is 2.50 bits per heavy atom. The van der Waals surface area contributed by atoms with E-state index in [4.69, 9.17) is 4.74 Å². The van der Waals surface area contributed by atoms with Gasteiger partial charge in [-0.25, -0.2) is 14.8 Å². The second kappa shape index (κ2) is 7.34. The van der Waals surface area contributed by atoms with Crippen molar-refractivity contribution in [3.8, 4) is 0 Å². The van der Waals surface area contributed by atoms with E-state index in [9.17, 15) is 14.9 Å². The number of benzene rings is 1. The summed E-state index contributed by atoms with van der Waals surface area (Å²) >= 11 is 0. The molecule has 0 atom stereocenters. The number of para-hydroxylation sites is 1. The lowest BCUT2D eigenvalue weighted by atomic mass is 10.1. The van der Waals surface area contributed by atoms with Crippen molar-refractivity contribution in [2.24, 2.45) is 0 Å². The van der Waals surface area contributed by atoms with Crippen LogP contribution in [0.5, 0.6) is 0 Å². The van der Waals surface area contributed by atoms with E-state index in [0.717, 1.165) is 0 Å². The van der Waals surface area contributed by atoms with Crippen molar-refractivity contribution in [2.45, 2.75) is 26.3 Å². The predicted octanol–water partition coefficient (Wildman–Crippen LogP) is 3.15. The van der Waals surface area contributed by atoms with Crippen LogP contribution >= 0.6 is 0 Å². The molecule has 0 aliphatic heterocycles. The molecule has 0 saturated carbocycles. The number of rotatable bonds is 5. The first kappa shape index (κ1) is 19.1. The van der Waals surface area contributed by atoms with Crippen molar-refractivity contribution in [2.75, 3.05) is 24.4 Å². The van der Waals surface area contributed by atoms with Gasteiger partial charge in [-0.3, -0.25) is 10.1 Å². The molecule has 2 aromatic rings. The Hall–Kier alpha value is -3.23. The summed E-state index contributed by atoms with van der Waals surface area (Å²) in [5.74, 6) is -0.375. The molecule has 9 nitrogen and oxygen atoms in total. The molecule has 0 saturated heterocycles. The number of aromatic nitrogens is 2. The highest BCUT2D eigenvalue weighted by molar-refractivity contribution is 5.97. The number of methoxy groups -OCH3 is 1. The largest absolute Gasteiger partial charge is 0.465 e. The molecular weight excluding hydrogens is 338 g/mol. The van der Waals surface area contributed by atoms with E-state index in [1.807, 2.05) is 20.8 Å². The molecule has 0 aliphatic carbocycles. The van der Waals surface area contributed by atoms with Crippen LogP contribution in [0.1, 0.15) is 31.1 Å². The Morgan fingerprint density at radius 1 is 1.27 bits per heavy atom. The molecule has 9 heteroatoms. The molecule has 0 spiro atoms. The van der Waals surface area contributed by atoms with Gasteiger partial charge >= 0.3 is 11.7 Å². The minimum Gasteiger partial charge on any atom is -0.465 e. The van der Waals surface area contributed by atoms with Crippen LogP contribution in [0.2, 0.25) is 0 Å². The summed E-state index contributed by atoms with van der Waals surface area (Å²) in [7, 11) is 2.87. The Labute approximate surface area is 151 Å². The van der Waals surface area contributed by atoms with Crippen molar-refractivity contribution in [1.82, 2.24) is 9.97 Å². The van der Waals surface area contributed by atoms with Crippen molar-refractivity contribution in [3.05, 3.63) is 46.3 Å². The summed E-state index contributed by atoms with van der Waals surface area (Å²) in [5.41, 5.74) is 0.00184. The Balaban J connectivity index is 2.60. The number of hydrogen-bond acceptors (Lipinski definition) is 8. The molecule has 1 N–H and O–H groups in total.